The van der Waals surface area contributed by atoms with E-state index in [-0.39, 0.29) is 0 Å². The smallest absolute Gasteiger partial charge is 0.118 e. The third kappa shape index (κ3) is 3.09. The van der Waals surface area contributed by atoms with Gasteiger partial charge in [0.1, 0.15) is 11.5 Å². The van der Waals surface area contributed by atoms with E-state index in [2.05, 4.69) is 36.3 Å². The zero-order valence-corrected chi connectivity index (χ0v) is 10.5. The van der Waals surface area contributed by atoms with Crippen LogP contribution >= 0.6 is 0 Å². The maximum atomic E-state index is 5.72. The van der Waals surface area contributed by atoms with Gasteiger partial charge >= 0.3 is 0 Å². The predicted molar refractivity (Wildman–Crippen MR) is 65.1 cm³/mol. The zero-order chi connectivity index (χ0) is 11.5. The van der Waals surface area contributed by atoms with Gasteiger partial charge < -0.3 is 9.73 Å². The standard InChI is InChI=1S/C13H22N2O/c1-10-6-11(10)8-15(3)9-13-5-4-12(16-13)7-14-2/h4-5,10-11,14H,6-9H2,1-3H3. The molecule has 1 fully saturated rings. The van der Waals surface area contributed by atoms with E-state index in [0.29, 0.717) is 0 Å². The van der Waals surface area contributed by atoms with Crippen LogP contribution in [0.2, 0.25) is 0 Å². The number of furan rings is 1. The molecule has 2 rings (SSSR count). The van der Waals surface area contributed by atoms with Crippen molar-refractivity contribution in [3.63, 3.8) is 0 Å². The van der Waals surface area contributed by atoms with E-state index in [9.17, 15) is 0 Å². The summed E-state index contributed by atoms with van der Waals surface area (Å²) in [7, 11) is 4.11. The average Bonchev–Trinajstić information content (AvgIpc) is 2.74. The molecular weight excluding hydrogens is 200 g/mol. The molecule has 1 aliphatic carbocycles. The zero-order valence-electron chi connectivity index (χ0n) is 10.5. The topological polar surface area (TPSA) is 28.4 Å². The Morgan fingerprint density at radius 1 is 1.44 bits per heavy atom. The van der Waals surface area contributed by atoms with Crippen molar-refractivity contribution < 1.29 is 4.42 Å². The van der Waals surface area contributed by atoms with Gasteiger partial charge in [-0.2, -0.15) is 0 Å². The Balaban J connectivity index is 1.78. The normalized spacial score (nSPS) is 24.0. The predicted octanol–water partition coefficient (Wildman–Crippen LogP) is 2.09. The molecule has 3 nitrogen and oxygen atoms in total. The number of hydrogen-bond acceptors (Lipinski definition) is 3. The van der Waals surface area contributed by atoms with Crippen molar-refractivity contribution in [2.45, 2.75) is 26.4 Å². The van der Waals surface area contributed by atoms with Gasteiger partial charge in [-0.3, -0.25) is 4.90 Å². The van der Waals surface area contributed by atoms with Crippen LogP contribution in [0.1, 0.15) is 24.9 Å². The van der Waals surface area contributed by atoms with Crippen LogP contribution in [0, 0.1) is 11.8 Å². The molecule has 0 saturated heterocycles. The Morgan fingerprint density at radius 3 is 2.75 bits per heavy atom. The molecule has 1 aromatic rings. The highest BCUT2D eigenvalue weighted by molar-refractivity contribution is 5.07. The van der Waals surface area contributed by atoms with Crippen LogP contribution < -0.4 is 5.32 Å². The molecule has 0 aromatic carbocycles. The Labute approximate surface area is 97.8 Å². The highest BCUT2D eigenvalue weighted by Gasteiger charge is 2.33. The summed E-state index contributed by atoms with van der Waals surface area (Å²) in [6.07, 6.45) is 1.40. The highest BCUT2D eigenvalue weighted by Crippen LogP contribution is 2.38. The summed E-state index contributed by atoms with van der Waals surface area (Å²) in [6.45, 7) is 5.26. The molecular formula is C13H22N2O. The second kappa shape index (κ2) is 5.02. The first-order valence-electron chi connectivity index (χ1n) is 6.09. The van der Waals surface area contributed by atoms with E-state index in [1.54, 1.807) is 0 Å². The maximum Gasteiger partial charge on any atom is 0.118 e. The van der Waals surface area contributed by atoms with E-state index in [0.717, 1.165) is 36.4 Å². The molecule has 1 aromatic heterocycles. The van der Waals surface area contributed by atoms with Gasteiger partial charge in [0.25, 0.3) is 0 Å². The number of rotatable bonds is 6. The molecule has 90 valence electrons. The summed E-state index contributed by atoms with van der Waals surface area (Å²) < 4.78 is 5.72. The van der Waals surface area contributed by atoms with Gasteiger partial charge in [0.15, 0.2) is 0 Å². The van der Waals surface area contributed by atoms with Crippen LogP contribution in [-0.4, -0.2) is 25.5 Å². The van der Waals surface area contributed by atoms with Crippen molar-refractivity contribution in [1.82, 2.24) is 10.2 Å². The van der Waals surface area contributed by atoms with E-state index < -0.39 is 0 Å². The van der Waals surface area contributed by atoms with Gasteiger partial charge in [0, 0.05) is 6.54 Å². The second-order valence-electron chi connectivity index (χ2n) is 5.07. The summed E-state index contributed by atoms with van der Waals surface area (Å²) in [5.74, 6) is 3.93. The summed E-state index contributed by atoms with van der Waals surface area (Å²) in [4.78, 5) is 2.36. The van der Waals surface area contributed by atoms with Crippen molar-refractivity contribution in [3.8, 4) is 0 Å². The molecule has 2 unspecified atom stereocenters. The fourth-order valence-electron chi connectivity index (χ4n) is 2.16. The van der Waals surface area contributed by atoms with E-state index in [1.165, 1.54) is 13.0 Å². The molecule has 1 saturated carbocycles. The third-order valence-electron chi connectivity index (χ3n) is 3.32. The van der Waals surface area contributed by atoms with Crippen molar-refractivity contribution in [2.75, 3.05) is 20.6 Å². The van der Waals surface area contributed by atoms with Crippen LogP contribution in [0.5, 0.6) is 0 Å². The highest BCUT2D eigenvalue weighted by atomic mass is 16.3. The van der Waals surface area contributed by atoms with Gasteiger partial charge in [-0.25, -0.2) is 0 Å². The molecule has 1 aliphatic rings. The minimum Gasteiger partial charge on any atom is -0.463 e. The minimum absolute atomic E-state index is 0.809. The Bertz CT molecular complexity index is 334. The van der Waals surface area contributed by atoms with E-state index in [1.807, 2.05) is 7.05 Å². The molecule has 0 amide bonds. The SMILES string of the molecule is CNCc1ccc(CN(C)CC2CC2C)o1. The maximum absolute atomic E-state index is 5.72. The van der Waals surface area contributed by atoms with Crippen molar-refractivity contribution in [3.05, 3.63) is 23.7 Å². The number of nitrogens with zero attached hydrogens (tertiary/aromatic N) is 1. The second-order valence-corrected chi connectivity index (χ2v) is 5.07. The van der Waals surface area contributed by atoms with Crippen molar-refractivity contribution in [2.24, 2.45) is 11.8 Å². The molecule has 0 radical (unpaired) electrons. The fourth-order valence-corrected chi connectivity index (χ4v) is 2.16. The fraction of sp³-hybridized carbons (Fsp3) is 0.692. The van der Waals surface area contributed by atoms with E-state index in [4.69, 9.17) is 4.42 Å². The molecule has 1 heterocycles. The van der Waals surface area contributed by atoms with E-state index >= 15 is 0 Å². The molecule has 3 heteroatoms. The molecule has 16 heavy (non-hydrogen) atoms. The van der Waals surface area contributed by atoms with Gasteiger partial charge in [-0.05, 0) is 44.5 Å². The summed E-state index contributed by atoms with van der Waals surface area (Å²) >= 11 is 0. The van der Waals surface area contributed by atoms with Gasteiger partial charge in [-0.15, -0.1) is 0 Å². The monoisotopic (exact) mass is 222 g/mol. The molecule has 1 N–H and O–H groups in total. The lowest BCUT2D eigenvalue weighted by Gasteiger charge is -2.14. The van der Waals surface area contributed by atoms with Crippen molar-refractivity contribution >= 4 is 0 Å². The number of hydrogen-bond donors (Lipinski definition) is 1. The summed E-state index contributed by atoms with van der Waals surface area (Å²) in [5, 5.41) is 3.09. The Kier molecular flexibility index (Phi) is 3.66. The van der Waals surface area contributed by atoms with Gasteiger partial charge in [0.2, 0.25) is 0 Å². The van der Waals surface area contributed by atoms with Crippen LogP contribution in [0.4, 0.5) is 0 Å². The minimum atomic E-state index is 0.809. The summed E-state index contributed by atoms with van der Waals surface area (Å²) in [5.41, 5.74) is 0. The summed E-state index contributed by atoms with van der Waals surface area (Å²) in [6, 6.07) is 4.14. The van der Waals surface area contributed by atoms with Crippen LogP contribution in [-0.2, 0) is 13.1 Å². The van der Waals surface area contributed by atoms with Gasteiger partial charge in [-0.1, -0.05) is 6.92 Å². The number of nitrogens with one attached hydrogen (secondary N) is 1. The lowest BCUT2D eigenvalue weighted by atomic mass is 10.3. The Morgan fingerprint density at radius 2 is 2.12 bits per heavy atom. The lowest BCUT2D eigenvalue weighted by molar-refractivity contribution is 0.276. The lowest BCUT2D eigenvalue weighted by Crippen LogP contribution is -2.20. The average molecular weight is 222 g/mol. The first-order valence-corrected chi connectivity index (χ1v) is 6.09. The Hall–Kier alpha value is -0.800. The van der Waals surface area contributed by atoms with Crippen LogP contribution in [0.3, 0.4) is 0 Å². The molecule has 0 spiro atoms. The first kappa shape index (κ1) is 11.7. The third-order valence-corrected chi connectivity index (χ3v) is 3.32. The van der Waals surface area contributed by atoms with Crippen LogP contribution in [0.25, 0.3) is 0 Å². The quantitative estimate of drug-likeness (QED) is 0.799. The first-order chi connectivity index (χ1) is 7.69. The molecule has 0 aliphatic heterocycles. The largest absolute Gasteiger partial charge is 0.463 e. The molecule has 0 bridgehead atoms. The van der Waals surface area contributed by atoms with Gasteiger partial charge in [0.05, 0.1) is 13.1 Å². The van der Waals surface area contributed by atoms with Crippen molar-refractivity contribution in [1.29, 1.82) is 0 Å². The molecule has 2 atom stereocenters. The van der Waals surface area contributed by atoms with Crippen LogP contribution in [0.15, 0.2) is 16.5 Å².